The Morgan fingerprint density at radius 3 is 2.29 bits per heavy atom. The average molecular weight is 401 g/mol. The summed E-state index contributed by atoms with van der Waals surface area (Å²) in [5, 5.41) is 0. The topological polar surface area (TPSA) is 82.1 Å². The molecule has 0 saturated carbocycles. The Morgan fingerprint density at radius 2 is 1.79 bits per heavy atom. The van der Waals surface area contributed by atoms with Crippen molar-refractivity contribution in [2.45, 2.75) is 26.1 Å². The molecule has 1 unspecified atom stereocenters. The second-order valence-electron chi connectivity index (χ2n) is 5.74. The number of ether oxygens (including phenoxy) is 3. The molecule has 10 heteroatoms. The SMILES string of the molecule is CCOC(=O)CN1C(=O)C(OC(C)C(F)(F)F)=C1c1ccc(C(=O)OC)cc1. The summed E-state index contributed by atoms with van der Waals surface area (Å²) in [6.07, 6.45) is -6.89. The molecule has 28 heavy (non-hydrogen) atoms. The Bertz CT molecular complexity index is 801. The van der Waals surface area contributed by atoms with Crippen LogP contribution in [0.25, 0.3) is 5.70 Å². The molecule has 1 aliphatic rings. The summed E-state index contributed by atoms with van der Waals surface area (Å²) < 4.78 is 52.6. The molecule has 1 aromatic rings. The first kappa shape index (κ1) is 21.3. The molecule has 0 spiro atoms. The lowest BCUT2D eigenvalue weighted by molar-refractivity contribution is -0.206. The van der Waals surface area contributed by atoms with Gasteiger partial charge in [-0.2, -0.15) is 13.2 Å². The highest BCUT2D eigenvalue weighted by atomic mass is 19.4. The predicted octanol–water partition coefficient (Wildman–Crippen LogP) is 2.51. The molecule has 1 amide bonds. The number of nitrogens with zero attached hydrogens (tertiary/aromatic N) is 1. The molecule has 0 N–H and O–H groups in total. The second kappa shape index (κ2) is 8.32. The van der Waals surface area contributed by atoms with Gasteiger partial charge in [-0.25, -0.2) is 4.79 Å². The summed E-state index contributed by atoms with van der Waals surface area (Å²) in [5.41, 5.74) is 0.507. The minimum absolute atomic E-state index is 0.00516. The van der Waals surface area contributed by atoms with Crippen LogP contribution in [-0.2, 0) is 23.8 Å². The van der Waals surface area contributed by atoms with E-state index in [9.17, 15) is 27.6 Å². The Kier molecular flexibility index (Phi) is 6.32. The summed E-state index contributed by atoms with van der Waals surface area (Å²) >= 11 is 0. The summed E-state index contributed by atoms with van der Waals surface area (Å²) in [6.45, 7) is 1.96. The van der Waals surface area contributed by atoms with Crippen molar-refractivity contribution >= 4 is 23.5 Å². The number of amides is 1. The monoisotopic (exact) mass is 401 g/mol. The zero-order chi connectivity index (χ0) is 21.1. The first-order valence-electron chi connectivity index (χ1n) is 8.24. The maximum absolute atomic E-state index is 12.8. The largest absolute Gasteiger partial charge is 0.474 e. The quantitative estimate of drug-likeness (QED) is 0.653. The van der Waals surface area contributed by atoms with Crippen LogP contribution >= 0.6 is 0 Å². The van der Waals surface area contributed by atoms with Crippen molar-refractivity contribution in [1.29, 1.82) is 0 Å². The van der Waals surface area contributed by atoms with Crippen LogP contribution in [0.4, 0.5) is 13.2 Å². The minimum atomic E-state index is -4.67. The van der Waals surface area contributed by atoms with Crippen molar-refractivity contribution in [2.75, 3.05) is 20.3 Å². The van der Waals surface area contributed by atoms with Crippen LogP contribution in [0.15, 0.2) is 30.0 Å². The van der Waals surface area contributed by atoms with E-state index in [2.05, 4.69) is 4.74 Å². The standard InChI is InChI=1S/C18H18F3NO6/c1-4-27-13(23)9-22-14(11-5-7-12(8-6-11)17(25)26-3)15(16(22)24)28-10(2)18(19,20)21/h5-8,10H,4,9H2,1-3H3. The molecule has 2 rings (SSSR count). The van der Waals surface area contributed by atoms with Crippen LogP contribution < -0.4 is 0 Å². The summed E-state index contributed by atoms with van der Waals surface area (Å²) in [7, 11) is 1.20. The van der Waals surface area contributed by atoms with Gasteiger partial charge in [-0.3, -0.25) is 14.5 Å². The molecule has 0 aromatic heterocycles. The van der Waals surface area contributed by atoms with Crippen LogP contribution in [-0.4, -0.2) is 55.3 Å². The molecule has 1 aliphatic heterocycles. The number of rotatable bonds is 7. The minimum Gasteiger partial charge on any atom is -0.474 e. The van der Waals surface area contributed by atoms with Crippen molar-refractivity contribution in [3.8, 4) is 0 Å². The van der Waals surface area contributed by atoms with Crippen LogP contribution in [0, 0.1) is 0 Å². The first-order valence-corrected chi connectivity index (χ1v) is 8.24. The molecule has 0 radical (unpaired) electrons. The normalized spacial score (nSPS) is 15.1. The van der Waals surface area contributed by atoms with E-state index in [1.165, 1.54) is 31.4 Å². The van der Waals surface area contributed by atoms with E-state index in [1.54, 1.807) is 6.92 Å². The van der Waals surface area contributed by atoms with Crippen LogP contribution in [0.3, 0.4) is 0 Å². The number of halogens is 3. The van der Waals surface area contributed by atoms with Gasteiger partial charge in [0.2, 0.25) is 5.76 Å². The fraction of sp³-hybridized carbons (Fsp3) is 0.389. The molecular formula is C18H18F3NO6. The van der Waals surface area contributed by atoms with Gasteiger partial charge in [-0.15, -0.1) is 0 Å². The average Bonchev–Trinajstić information content (AvgIpc) is 2.65. The van der Waals surface area contributed by atoms with Crippen LogP contribution in [0.2, 0.25) is 0 Å². The van der Waals surface area contributed by atoms with Gasteiger partial charge < -0.3 is 14.2 Å². The van der Waals surface area contributed by atoms with Crippen LogP contribution in [0.5, 0.6) is 0 Å². The number of esters is 2. The molecule has 152 valence electrons. The van der Waals surface area contributed by atoms with Crippen molar-refractivity contribution in [3.05, 3.63) is 41.2 Å². The lowest BCUT2D eigenvalue weighted by atomic mass is 10.0. The van der Waals surface area contributed by atoms with Crippen molar-refractivity contribution < 1.29 is 41.8 Å². The summed E-state index contributed by atoms with van der Waals surface area (Å²) in [5.74, 6) is -2.70. The van der Waals surface area contributed by atoms with Gasteiger partial charge in [0, 0.05) is 5.56 Å². The molecule has 0 saturated heterocycles. The number of hydrogen-bond acceptors (Lipinski definition) is 6. The maximum atomic E-state index is 12.8. The third-order valence-corrected chi connectivity index (χ3v) is 3.85. The number of carbonyl (C=O) groups excluding carboxylic acids is 3. The van der Waals surface area contributed by atoms with Crippen molar-refractivity contribution in [1.82, 2.24) is 4.90 Å². The van der Waals surface area contributed by atoms with E-state index in [1.807, 2.05) is 0 Å². The summed E-state index contributed by atoms with van der Waals surface area (Å²) in [6, 6.07) is 5.58. The number of methoxy groups -OCH3 is 1. The molecule has 7 nitrogen and oxygen atoms in total. The van der Waals surface area contributed by atoms with Gasteiger partial charge >= 0.3 is 18.1 Å². The van der Waals surface area contributed by atoms with E-state index < -0.39 is 42.4 Å². The van der Waals surface area contributed by atoms with E-state index in [0.717, 1.165) is 11.8 Å². The van der Waals surface area contributed by atoms with Gasteiger partial charge in [-0.1, -0.05) is 12.1 Å². The first-order chi connectivity index (χ1) is 13.1. The zero-order valence-electron chi connectivity index (χ0n) is 15.3. The molecule has 0 fully saturated rings. The Morgan fingerprint density at radius 1 is 1.18 bits per heavy atom. The number of alkyl halides is 3. The highest BCUT2D eigenvalue weighted by Crippen LogP contribution is 2.37. The zero-order valence-corrected chi connectivity index (χ0v) is 15.3. The third-order valence-electron chi connectivity index (χ3n) is 3.85. The molecular weight excluding hydrogens is 383 g/mol. The Labute approximate surface area is 158 Å². The van der Waals surface area contributed by atoms with E-state index in [-0.39, 0.29) is 17.9 Å². The number of carbonyl (C=O) groups is 3. The number of hydrogen-bond donors (Lipinski definition) is 0. The maximum Gasteiger partial charge on any atom is 0.425 e. The lowest BCUT2D eigenvalue weighted by Gasteiger charge is -2.36. The van der Waals surface area contributed by atoms with Gasteiger partial charge in [0.1, 0.15) is 12.2 Å². The van der Waals surface area contributed by atoms with E-state index in [4.69, 9.17) is 9.47 Å². The fourth-order valence-electron chi connectivity index (χ4n) is 2.40. The van der Waals surface area contributed by atoms with E-state index >= 15 is 0 Å². The van der Waals surface area contributed by atoms with Crippen molar-refractivity contribution in [2.24, 2.45) is 0 Å². The number of benzene rings is 1. The fourth-order valence-corrected chi connectivity index (χ4v) is 2.40. The second-order valence-corrected chi connectivity index (χ2v) is 5.74. The van der Waals surface area contributed by atoms with Gasteiger partial charge in [0.15, 0.2) is 6.10 Å². The Hall–Kier alpha value is -3.04. The van der Waals surface area contributed by atoms with Gasteiger partial charge in [0.25, 0.3) is 5.91 Å². The smallest absolute Gasteiger partial charge is 0.425 e. The van der Waals surface area contributed by atoms with E-state index in [0.29, 0.717) is 5.56 Å². The lowest BCUT2D eigenvalue weighted by Crippen LogP contribution is -2.47. The third kappa shape index (κ3) is 4.44. The molecule has 1 heterocycles. The molecule has 0 aliphatic carbocycles. The predicted molar refractivity (Wildman–Crippen MR) is 89.6 cm³/mol. The highest BCUT2D eigenvalue weighted by Gasteiger charge is 2.46. The molecule has 0 bridgehead atoms. The molecule has 1 aromatic carbocycles. The van der Waals surface area contributed by atoms with Crippen LogP contribution in [0.1, 0.15) is 29.8 Å². The Balaban J connectivity index is 2.38. The van der Waals surface area contributed by atoms with Gasteiger partial charge in [0.05, 0.1) is 19.3 Å². The highest BCUT2D eigenvalue weighted by molar-refractivity contribution is 6.13. The van der Waals surface area contributed by atoms with Crippen molar-refractivity contribution in [3.63, 3.8) is 0 Å². The summed E-state index contributed by atoms with van der Waals surface area (Å²) in [4.78, 5) is 36.5. The van der Waals surface area contributed by atoms with Gasteiger partial charge in [-0.05, 0) is 26.0 Å². The molecule has 1 atom stereocenters.